The van der Waals surface area contributed by atoms with Gasteiger partial charge in [-0.2, -0.15) is 0 Å². The second kappa shape index (κ2) is 12.0. The maximum atomic E-state index is 6.38. The monoisotopic (exact) mass is 505 g/mol. The molecule has 2 atom stereocenters. The molecular weight excluding hydrogens is 458 g/mol. The van der Waals surface area contributed by atoms with E-state index in [1.807, 2.05) is 13.0 Å². The van der Waals surface area contributed by atoms with Gasteiger partial charge in [-0.15, -0.1) is 5.06 Å². The van der Waals surface area contributed by atoms with E-state index in [-0.39, 0.29) is 17.2 Å². The molecule has 2 heterocycles. The van der Waals surface area contributed by atoms with Crippen LogP contribution in [0.4, 0.5) is 0 Å². The predicted molar refractivity (Wildman–Crippen MR) is 152 cm³/mol. The van der Waals surface area contributed by atoms with Crippen molar-refractivity contribution in [1.29, 1.82) is 0 Å². The number of allylic oxidation sites excluding steroid dienone is 1. The summed E-state index contributed by atoms with van der Waals surface area (Å²) >= 11 is 0. The van der Waals surface area contributed by atoms with Gasteiger partial charge in [-0.3, -0.25) is 0 Å². The lowest BCUT2D eigenvalue weighted by Crippen LogP contribution is -2.59. The summed E-state index contributed by atoms with van der Waals surface area (Å²) in [6, 6.07) is 17.9. The van der Waals surface area contributed by atoms with Crippen LogP contribution in [0.25, 0.3) is 0 Å². The molecule has 0 saturated carbocycles. The number of hydroxylamine groups is 2. The Bertz CT molecular complexity index is 983. The summed E-state index contributed by atoms with van der Waals surface area (Å²) in [4.78, 5) is 6.04. The smallest absolute Gasteiger partial charge is 0.119 e. The molecule has 0 aliphatic carbocycles. The van der Waals surface area contributed by atoms with Crippen molar-refractivity contribution in [2.24, 2.45) is 0 Å². The number of rotatable bonds is 9. The van der Waals surface area contributed by atoms with Gasteiger partial charge in [0.05, 0.1) is 30.4 Å². The van der Waals surface area contributed by atoms with E-state index >= 15 is 0 Å². The Balaban J connectivity index is 1.33. The first-order valence-electron chi connectivity index (χ1n) is 14.3. The molecule has 4 rings (SSSR count). The molecular formula is C33H47NO3. The lowest BCUT2D eigenvalue weighted by atomic mass is 9.72. The summed E-state index contributed by atoms with van der Waals surface area (Å²) in [5.41, 5.74) is 3.98. The summed E-state index contributed by atoms with van der Waals surface area (Å²) in [6.07, 6.45) is 10.5. The Morgan fingerprint density at radius 3 is 2.03 bits per heavy atom. The third-order valence-corrected chi connectivity index (χ3v) is 8.07. The van der Waals surface area contributed by atoms with Crippen molar-refractivity contribution < 1.29 is 14.3 Å². The number of ether oxygens (including phenoxy) is 2. The molecule has 4 nitrogen and oxygen atoms in total. The van der Waals surface area contributed by atoms with E-state index in [1.54, 1.807) is 6.26 Å². The second-order valence-electron chi connectivity index (χ2n) is 12.1. The summed E-state index contributed by atoms with van der Waals surface area (Å²) < 4.78 is 12.2. The average molecular weight is 506 g/mol. The zero-order valence-electron chi connectivity index (χ0n) is 23.8. The zero-order valence-corrected chi connectivity index (χ0v) is 23.8. The van der Waals surface area contributed by atoms with Crippen LogP contribution < -0.4 is 4.74 Å². The Morgan fingerprint density at radius 2 is 1.46 bits per heavy atom. The number of unbranched alkanes of at least 4 members (excludes halogenated alkanes) is 1. The van der Waals surface area contributed by atoms with Gasteiger partial charge in [-0.25, -0.2) is 0 Å². The molecule has 2 aromatic carbocycles. The van der Waals surface area contributed by atoms with Crippen molar-refractivity contribution in [1.82, 2.24) is 5.06 Å². The average Bonchev–Trinajstić information content (AvgIpc) is 2.88. The SMILES string of the molecule is C/C=C/ON1C(C)(C)CC(c2ccc(C3CCC(c4ccc(OCCCC)cc4)CO3)cc2)CC1(C)C. The lowest BCUT2D eigenvalue weighted by Gasteiger charge is -2.53. The molecule has 0 radical (unpaired) electrons. The Labute approximate surface area is 225 Å². The van der Waals surface area contributed by atoms with E-state index in [1.165, 1.54) is 16.7 Å². The van der Waals surface area contributed by atoms with Gasteiger partial charge in [0.25, 0.3) is 0 Å². The molecule has 2 aliphatic heterocycles. The quantitative estimate of drug-likeness (QED) is 0.252. The number of benzene rings is 2. The number of hydrogen-bond acceptors (Lipinski definition) is 4. The molecule has 0 N–H and O–H groups in total. The fourth-order valence-corrected chi connectivity index (χ4v) is 6.34. The van der Waals surface area contributed by atoms with E-state index in [9.17, 15) is 0 Å². The maximum absolute atomic E-state index is 6.38. The first-order valence-corrected chi connectivity index (χ1v) is 14.3. The largest absolute Gasteiger partial charge is 0.494 e. The van der Waals surface area contributed by atoms with Crippen LogP contribution in [0.15, 0.2) is 60.9 Å². The Morgan fingerprint density at radius 1 is 0.865 bits per heavy atom. The van der Waals surface area contributed by atoms with Crippen molar-refractivity contribution >= 4 is 0 Å². The van der Waals surface area contributed by atoms with Crippen LogP contribution in [-0.4, -0.2) is 29.4 Å². The highest BCUT2D eigenvalue weighted by Gasteiger charge is 2.47. The maximum Gasteiger partial charge on any atom is 0.119 e. The van der Waals surface area contributed by atoms with Gasteiger partial charge in [-0.05, 0) is 101 Å². The molecule has 2 fully saturated rings. The minimum absolute atomic E-state index is 0.0497. The van der Waals surface area contributed by atoms with Crippen molar-refractivity contribution in [2.75, 3.05) is 13.2 Å². The van der Waals surface area contributed by atoms with E-state index < -0.39 is 0 Å². The first kappa shape index (κ1) is 27.7. The highest BCUT2D eigenvalue weighted by Crippen LogP contribution is 2.46. The minimum Gasteiger partial charge on any atom is -0.494 e. The summed E-state index contributed by atoms with van der Waals surface area (Å²) in [7, 11) is 0. The van der Waals surface area contributed by atoms with Gasteiger partial charge < -0.3 is 14.3 Å². The molecule has 0 spiro atoms. The normalized spacial score (nSPS) is 24.3. The molecule has 4 heteroatoms. The summed E-state index contributed by atoms with van der Waals surface area (Å²) in [5.74, 6) is 1.93. The third kappa shape index (κ3) is 6.78. The highest BCUT2D eigenvalue weighted by molar-refractivity contribution is 5.31. The van der Waals surface area contributed by atoms with Crippen LogP contribution in [0.3, 0.4) is 0 Å². The van der Waals surface area contributed by atoms with Crippen molar-refractivity contribution in [3.63, 3.8) is 0 Å². The molecule has 0 amide bonds. The van der Waals surface area contributed by atoms with Gasteiger partial charge >= 0.3 is 0 Å². The van der Waals surface area contributed by atoms with Crippen molar-refractivity contribution in [3.8, 4) is 5.75 Å². The van der Waals surface area contributed by atoms with E-state index in [4.69, 9.17) is 14.3 Å². The predicted octanol–water partition coefficient (Wildman–Crippen LogP) is 8.70. The molecule has 0 aromatic heterocycles. The lowest BCUT2D eigenvalue weighted by molar-refractivity contribution is -0.249. The van der Waals surface area contributed by atoms with Crippen LogP contribution in [0.5, 0.6) is 5.75 Å². The second-order valence-corrected chi connectivity index (χ2v) is 12.1. The fourth-order valence-electron chi connectivity index (χ4n) is 6.34. The van der Waals surface area contributed by atoms with Crippen molar-refractivity contribution in [2.45, 2.75) is 109 Å². The molecule has 2 saturated heterocycles. The van der Waals surface area contributed by atoms with Gasteiger partial charge in [0, 0.05) is 5.92 Å². The van der Waals surface area contributed by atoms with Gasteiger partial charge in [0.1, 0.15) is 12.0 Å². The van der Waals surface area contributed by atoms with E-state index in [0.29, 0.717) is 11.8 Å². The number of nitrogens with zero attached hydrogens (tertiary/aromatic N) is 1. The van der Waals surface area contributed by atoms with E-state index in [0.717, 1.165) is 57.5 Å². The summed E-state index contributed by atoms with van der Waals surface area (Å²) in [6.45, 7) is 14.9. The zero-order chi connectivity index (χ0) is 26.5. The van der Waals surface area contributed by atoms with Crippen LogP contribution >= 0.6 is 0 Å². The van der Waals surface area contributed by atoms with Crippen LogP contribution in [0.1, 0.15) is 115 Å². The third-order valence-electron chi connectivity index (χ3n) is 8.07. The van der Waals surface area contributed by atoms with Crippen LogP contribution in [0, 0.1) is 0 Å². The minimum atomic E-state index is -0.0497. The fraction of sp³-hybridized carbons (Fsp3) is 0.576. The Hall–Kier alpha value is -2.30. The van der Waals surface area contributed by atoms with Gasteiger partial charge in [-0.1, -0.05) is 55.8 Å². The molecule has 202 valence electrons. The highest BCUT2D eigenvalue weighted by atomic mass is 16.7. The Kier molecular flexibility index (Phi) is 9.03. The summed E-state index contributed by atoms with van der Waals surface area (Å²) in [5, 5.41) is 2.18. The topological polar surface area (TPSA) is 30.9 Å². The standard InChI is InChI=1S/C33H47NO3/c1-7-9-21-35-30-17-14-25(15-18-30)28-16-19-31(36-24-28)27-12-10-26(11-13-27)29-22-32(3,4)34(37-20-8-2)33(5,6)23-29/h8,10-15,17-18,20,28-29,31H,7,9,16,19,21-24H2,1-6H3/b20-8+. The molecule has 37 heavy (non-hydrogen) atoms. The molecule has 2 unspecified atom stereocenters. The van der Waals surface area contributed by atoms with E-state index in [2.05, 4.69) is 88.2 Å². The number of hydrogen-bond donors (Lipinski definition) is 0. The molecule has 0 bridgehead atoms. The van der Waals surface area contributed by atoms with Crippen LogP contribution in [0.2, 0.25) is 0 Å². The van der Waals surface area contributed by atoms with Gasteiger partial charge in [0.15, 0.2) is 0 Å². The molecule has 2 aliphatic rings. The molecule has 2 aromatic rings. The first-order chi connectivity index (χ1) is 17.7. The van der Waals surface area contributed by atoms with Crippen LogP contribution in [-0.2, 0) is 9.57 Å². The van der Waals surface area contributed by atoms with Crippen molar-refractivity contribution in [3.05, 3.63) is 77.6 Å². The van der Waals surface area contributed by atoms with Gasteiger partial charge in [0.2, 0.25) is 0 Å². The number of piperidine rings is 1.